The van der Waals surface area contributed by atoms with Crippen molar-refractivity contribution in [3.8, 4) is 0 Å². The Morgan fingerprint density at radius 3 is 1.22 bits per heavy atom. The van der Waals surface area contributed by atoms with Gasteiger partial charge in [0.25, 0.3) is 0 Å². The van der Waals surface area contributed by atoms with Crippen molar-refractivity contribution in [2.24, 2.45) is 0 Å². The summed E-state index contributed by atoms with van der Waals surface area (Å²) >= 11 is 0.382. The summed E-state index contributed by atoms with van der Waals surface area (Å²) in [6.45, 7) is 0. The van der Waals surface area contributed by atoms with Gasteiger partial charge in [-0.05, 0) is 0 Å². The fraction of sp³-hybridized carbons (Fsp3) is 0. The summed E-state index contributed by atoms with van der Waals surface area (Å²) in [4.78, 5) is 17.9. The zero-order valence-corrected chi connectivity index (χ0v) is 6.28. The monoisotopic (exact) mass is 217 g/mol. The third-order valence-corrected chi connectivity index (χ3v) is 0.167. The van der Waals surface area contributed by atoms with Crippen molar-refractivity contribution in [2.75, 3.05) is 0 Å². The molecule has 0 fully saturated rings. The molecule has 0 saturated carbocycles. The molecule has 0 rings (SSSR count). The van der Waals surface area contributed by atoms with Crippen molar-refractivity contribution in [3.63, 3.8) is 0 Å². The van der Waals surface area contributed by atoms with Crippen LogP contribution in [0.2, 0.25) is 0 Å². The van der Waals surface area contributed by atoms with Crippen molar-refractivity contribution >= 4 is 32.2 Å². The van der Waals surface area contributed by atoms with Gasteiger partial charge in [-0.2, -0.15) is 0 Å². The third kappa shape index (κ3) is 18.0. The molecule has 0 aliphatic rings. The van der Waals surface area contributed by atoms with Crippen LogP contribution in [0.25, 0.3) is 0 Å². The number of hydrogen-bond donors (Lipinski definition) is 0. The number of rotatable bonds is 0. The molecule has 0 unspecified atom stereocenters. The summed E-state index contributed by atoms with van der Waals surface area (Å²) < 4.78 is 0. The average Bonchev–Trinajstić information content (AvgIpc) is 1.68. The van der Waals surface area contributed by atoms with Gasteiger partial charge in [0, 0.05) is 0 Å². The van der Waals surface area contributed by atoms with E-state index in [0.29, 0.717) is 12.9 Å². The number of aliphatic carboxylic acids is 2. The summed E-state index contributed by atoms with van der Waals surface area (Å²) in [6, 6.07) is 0. The third-order valence-electron chi connectivity index (χ3n) is 0.167. The molecule has 0 bridgehead atoms. The molecule has 9 heavy (non-hydrogen) atoms. The predicted molar refractivity (Wildman–Crippen MR) is 21.7 cm³/mol. The topological polar surface area (TPSA) is 80.3 Å². The second kappa shape index (κ2) is 8.03. The molecule has 0 amide bonds. The van der Waals surface area contributed by atoms with Crippen LogP contribution in [0.3, 0.4) is 0 Å². The molecule has 0 saturated heterocycles. The fourth-order valence-corrected chi connectivity index (χ4v) is 0. The van der Waals surface area contributed by atoms with Crippen LogP contribution in [-0.2, 0) is 22.5 Å². The van der Waals surface area contributed by atoms with Crippen molar-refractivity contribution in [2.45, 2.75) is 0 Å². The standard InChI is InChI=1S/C2H2O4.2ClH.Co/c3-1(4)2(5)6;;;/h(H,3,4)(H,5,6);2*1H;/q;;;+4/p-4. The normalized spacial score (nSPS) is 6.89. The van der Waals surface area contributed by atoms with E-state index in [-0.39, 0.29) is 0 Å². The van der Waals surface area contributed by atoms with Crippen LogP contribution in [0.1, 0.15) is 0 Å². The van der Waals surface area contributed by atoms with E-state index in [1.807, 2.05) is 0 Å². The van der Waals surface area contributed by atoms with Crippen LogP contribution in [0, 0.1) is 0 Å². The number of carboxylic acids is 2. The van der Waals surface area contributed by atoms with Gasteiger partial charge in [-0.1, -0.05) is 0 Å². The number of carbonyl (C=O) groups is 2. The zero-order chi connectivity index (χ0) is 7.86. The summed E-state index contributed by atoms with van der Waals surface area (Å²) in [6.07, 6.45) is 0. The first kappa shape index (κ1) is 11.8. The molecule has 7 heteroatoms. The van der Waals surface area contributed by atoms with E-state index in [2.05, 4.69) is 0 Å². The van der Waals surface area contributed by atoms with Gasteiger partial charge < -0.3 is 19.8 Å². The van der Waals surface area contributed by atoms with Gasteiger partial charge >= 0.3 is 33.2 Å². The van der Waals surface area contributed by atoms with E-state index in [0.717, 1.165) is 0 Å². The predicted octanol–water partition coefficient (Wildman–Crippen LogP) is -2.14. The summed E-state index contributed by atoms with van der Waals surface area (Å²) in [5, 5.41) is 17.9. The Balaban J connectivity index is 0. The van der Waals surface area contributed by atoms with Crippen LogP contribution in [0.15, 0.2) is 0 Å². The average molecular weight is 218 g/mol. The van der Waals surface area contributed by atoms with E-state index < -0.39 is 11.9 Å². The minimum atomic E-state index is -2.19. The first-order chi connectivity index (χ1) is 4.06. The molecular weight excluding hydrogens is 218 g/mol. The maximum absolute atomic E-state index is 8.93. The Morgan fingerprint density at radius 2 is 1.22 bits per heavy atom. The molecule has 0 aromatic carbocycles. The number of carboxylic acid groups (broad SMARTS) is 2. The first-order valence-corrected chi connectivity index (χ1v) is 4.18. The van der Waals surface area contributed by atoms with Crippen LogP contribution in [-0.4, -0.2) is 11.9 Å². The zero-order valence-electron chi connectivity index (χ0n) is 3.72. The number of hydrogen-bond acceptors (Lipinski definition) is 4. The summed E-state index contributed by atoms with van der Waals surface area (Å²) in [7, 11) is 9.47. The van der Waals surface area contributed by atoms with Gasteiger partial charge in [0.1, 0.15) is 0 Å². The Bertz CT molecular complexity index is 92.7. The minimum absolute atomic E-state index is 0.382. The number of carbonyl (C=O) groups excluding carboxylic acids is 2. The Hall–Kier alpha value is 0.0265. The van der Waals surface area contributed by atoms with Gasteiger partial charge in [-0.25, -0.2) is 0 Å². The van der Waals surface area contributed by atoms with Crippen LogP contribution < -0.4 is 10.2 Å². The van der Waals surface area contributed by atoms with E-state index in [4.69, 9.17) is 40.1 Å². The van der Waals surface area contributed by atoms with Gasteiger partial charge in [-0.15, -0.1) is 0 Å². The SMILES string of the molecule is O=C([O-])C(=O)[O-].[Cl][Co+2][Cl]. The Morgan fingerprint density at radius 1 is 1.11 bits per heavy atom. The molecule has 0 aromatic heterocycles. The van der Waals surface area contributed by atoms with Crippen LogP contribution >= 0.6 is 20.3 Å². The number of halogens is 2. The van der Waals surface area contributed by atoms with Gasteiger partial charge in [0.15, 0.2) is 0 Å². The van der Waals surface area contributed by atoms with E-state index in [1.165, 1.54) is 0 Å². The van der Waals surface area contributed by atoms with Gasteiger partial charge in [0.2, 0.25) is 0 Å². The molecule has 0 radical (unpaired) electrons. The van der Waals surface area contributed by atoms with Gasteiger partial charge in [0.05, 0.1) is 11.9 Å². The van der Waals surface area contributed by atoms with Crippen molar-refractivity contribution in [1.29, 1.82) is 0 Å². The molecule has 0 aromatic rings. The van der Waals surface area contributed by atoms with Crippen molar-refractivity contribution in [1.82, 2.24) is 0 Å². The molecule has 0 atom stereocenters. The molecule has 0 heterocycles. The maximum atomic E-state index is 8.93. The van der Waals surface area contributed by atoms with Gasteiger partial charge in [-0.3, -0.25) is 0 Å². The molecule has 0 spiro atoms. The summed E-state index contributed by atoms with van der Waals surface area (Å²) in [5.41, 5.74) is 0. The van der Waals surface area contributed by atoms with Crippen LogP contribution in [0.4, 0.5) is 0 Å². The quantitative estimate of drug-likeness (QED) is 0.434. The van der Waals surface area contributed by atoms with Crippen LogP contribution in [0.5, 0.6) is 0 Å². The molecule has 55 valence electrons. The van der Waals surface area contributed by atoms with Crippen molar-refractivity contribution < 1.29 is 32.7 Å². The molecule has 4 nitrogen and oxygen atoms in total. The first-order valence-electron chi connectivity index (χ1n) is 1.32. The fourth-order valence-electron chi connectivity index (χ4n) is 0. The summed E-state index contributed by atoms with van der Waals surface area (Å²) in [5.74, 6) is -4.37. The Labute approximate surface area is 65.2 Å². The Kier molecular flexibility index (Phi) is 10.5. The van der Waals surface area contributed by atoms with E-state index in [1.54, 1.807) is 0 Å². The van der Waals surface area contributed by atoms with Crippen molar-refractivity contribution in [3.05, 3.63) is 0 Å². The second-order valence-corrected chi connectivity index (χ2v) is 2.34. The van der Waals surface area contributed by atoms with E-state index >= 15 is 0 Å². The molecule has 0 aliphatic heterocycles. The molecule has 0 N–H and O–H groups in total. The van der Waals surface area contributed by atoms with E-state index in [9.17, 15) is 0 Å². The second-order valence-electron chi connectivity index (χ2n) is 0.623. The molecule has 0 aliphatic carbocycles. The molecular formula is C2Cl2CoO4.